The highest BCUT2D eigenvalue weighted by Crippen LogP contribution is 2.04. The monoisotopic (exact) mass is 201 g/mol. The van der Waals surface area contributed by atoms with Gasteiger partial charge >= 0.3 is 5.97 Å². The van der Waals surface area contributed by atoms with Crippen LogP contribution < -0.4 is 0 Å². The maximum atomic E-state index is 10.6. The standard InChI is InChI=1S/C10H19NO3/c1-2-3-4-5-6-7-8-14-10(12)9-11-13/h9,13H,2-8H2,1H3. The maximum Gasteiger partial charge on any atom is 0.352 e. The third-order valence-electron chi connectivity index (χ3n) is 1.91. The van der Waals surface area contributed by atoms with Crippen molar-refractivity contribution in [3.8, 4) is 0 Å². The summed E-state index contributed by atoms with van der Waals surface area (Å²) in [5.74, 6) is -0.582. The molecule has 0 aromatic rings. The Morgan fingerprint density at radius 2 is 1.93 bits per heavy atom. The normalized spacial score (nSPS) is 10.6. The van der Waals surface area contributed by atoms with Crippen LogP contribution in [0.3, 0.4) is 0 Å². The van der Waals surface area contributed by atoms with Crippen LogP contribution >= 0.6 is 0 Å². The Kier molecular flexibility index (Phi) is 9.26. The lowest BCUT2D eigenvalue weighted by Gasteiger charge is -2.01. The van der Waals surface area contributed by atoms with Gasteiger partial charge < -0.3 is 9.94 Å². The molecule has 0 bridgehead atoms. The van der Waals surface area contributed by atoms with Gasteiger partial charge in [0.2, 0.25) is 0 Å². The van der Waals surface area contributed by atoms with Crippen molar-refractivity contribution in [2.24, 2.45) is 5.16 Å². The summed E-state index contributed by atoms with van der Waals surface area (Å²) in [6.07, 6.45) is 7.69. The number of hydrogen-bond acceptors (Lipinski definition) is 4. The summed E-state index contributed by atoms with van der Waals surface area (Å²) in [5.41, 5.74) is 0. The number of carbonyl (C=O) groups excluding carboxylic acids is 1. The van der Waals surface area contributed by atoms with E-state index < -0.39 is 5.97 Å². The van der Waals surface area contributed by atoms with Gasteiger partial charge in [-0.2, -0.15) is 0 Å². The maximum absolute atomic E-state index is 10.6. The van der Waals surface area contributed by atoms with Gasteiger partial charge in [-0.3, -0.25) is 0 Å². The second kappa shape index (κ2) is 10.0. The lowest BCUT2D eigenvalue weighted by molar-refractivity contribution is -0.135. The Morgan fingerprint density at radius 3 is 2.57 bits per heavy atom. The van der Waals surface area contributed by atoms with Crippen LogP contribution in [0.15, 0.2) is 5.16 Å². The zero-order valence-electron chi connectivity index (χ0n) is 8.74. The Labute approximate surface area is 84.9 Å². The van der Waals surface area contributed by atoms with Gasteiger partial charge in [0.15, 0.2) is 6.21 Å². The summed E-state index contributed by atoms with van der Waals surface area (Å²) >= 11 is 0. The van der Waals surface area contributed by atoms with Gasteiger partial charge in [0.25, 0.3) is 0 Å². The zero-order valence-corrected chi connectivity index (χ0v) is 8.74. The van der Waals surface area contributed by atoms with Gasteiger partial charge in [-0.1, -0.05) is 44.2 Å². The fraction of sp³-hybridized carbons (Fsp3) is 0.800. The van der Waals surface area contributed by atoms with Crippen LogP contribution in [0.2, 0.25) is 0 Å². The molecule has 4 nitrogen and oxygen atoms in total. The quantitative estimate of drug-likeness (QED) is 0.215. The first kappa shape index (κ1) is 12.9. The number of oxime groups is 1. The van der Waals surface area contributed by atoms with Gasteiger partial charge in [0.1, 0.15) is 0 Å². The molecule has 0 amide bonds. The van der Waals surface area contributed by atoms with Gasteiger partial charge in [0.05, 0.1) is 6.61 Å². The van der Waals surface area contributed by atoms with E-state index in [1.54, 1.807) is 0 Å². The van der Waals surface area contributed by atoms with E-state index in [-0.39, 0.29) is 0 Å². The van der Waals surface area contributed by atoms with Crippen molar-refractivity contribution in [2.45, 2.75) is 45.4 Å². The lowest BCUT2D eigenvalue weighted by atomic mass is 10.1. The molecule has 0 saturated carbocycles. The van der Waals surface area contributed by atoms with Gasteiger partial charge in [-0.25, -0.2) is 4.79 Å². The second-order valence-electron chi connectivity index (χ2n) is 3.18. The number of carbonyl (C=O) groups is 1. The van der Waals surface area contributed by atoms with E-state index in [0.717, 1.165) is 19.1 Å². The summed E-state index contributed by atoms with van der Waals surface area (Å²) in [7, 11) is 0. The summed E-state index contributed by atoms with van der Waals surface area (Å²) in [6.45, 7) is 2.59. The van der Waals surface area contributed by atoms with E-state index >= 15 is 0 Å². The largest absolute Gasteiger partial charge is 0.461 e. The molecular formula is C10H19NO3. The molecule has 0 fully saturated rings. The molecule has 0 aliphatic heterocycles. The molecule has 0 aromatic carbocycles. The highest BCUT2D eigenvalue weighted by molar-refractivity contribution is 6.22. The van der Waals surface area contributed by atoms with E-state index in [1.807, 2.05) is 0 Å². The Hall–Kier alpha value is -1.06. The van der Waals surface area contributed by atoms with Crippen molar-refractivity contribution in [1.82, 2.24) is 0 Å². The Morgan fingerprint density at radius 1 is 1.29 bits per heavy atom. The molecule has 0 aliphatic carbocycles. The number of rotatable bonds is 8. The third kappa shape index (κ3) is 9.03. The minimum absolute atomic E-state index is 0.414. The molecule has 0 unspecified atom stereocenters. The van der Waals surface area contributed by atoms with Crippen LogP contribution in [-0.2, 0) is 9.53 Å². The predicted octanol–water partition coefficient (Wildman–Crippen LogP) is 2.35. The fourth-order valence-electron chi connectivity index (χ4n) is 1.14. The molecule has 0 saturated heterocycles. The van der Waals surface area contributed by atoms with Crippen LogP contribution in [0.25, 0.3) is 0 Å². The van der Waals surface area contributed by atoms with Crippen LogP contribution in [0.4, 0.5) is 0 Å². The predicted molar refractivity (Wildman–Crippen MR) is 54.6 cm³/mol. The molecule has 0 radical (unpaired) electrons. The first-order valence-electron chi connectivity index (χ1n) is 5.15. The molecule has 82 valence electrons. The van der Waals surface area contributed by atoms with Crippen LogP contribution in [0.5, 0.6) is 0 Å². The van der Waals surface area contributed by atoms with Crippen LogP contribution in [-0.4, -0.2) is 24.0 Å². The van der Waals surface area contributed by atoms with Crippen molar-refractivity contribution in [1.29, 1.82) is 0 Å². The molecule has 0 rings (SSSR count). The zero-order chi connectivity index (χ0) is 10.6. The van der Waals surface area contributed by atoms with E-state index in [2.05, 4.69) is 12.1 Å². The van der Waals surface area contributed by atoms with Crippen molar-refractivity contribution >= 4 is 12.2 Å². The average Bonchev–Trinajstić information content (AvgIpc) is 2.17. The minimum atomic E-state index is -0.582. The number of esters is 1. The molecule has 14 heavy (non-hydrogen) atoms. The van der Waals surface area contributed by atoms with Gasteiger partial charge in [-0.15, -0.1) is 0 Å². The van der Waals surface area contributed by atoms with Gasteiger partial charge in [0, 0.05) is 0 Å². The third-order valence-corrected chi connectivity index (χ3v) is 1.91. The molecule has 0 spiro atoms. The van der Waals surface area contributed by atoms with Crippen molar-refractivity contribution in [2.75, 3.05) is 6.61 Å². The average molecular weight is 201 g/mol. The number of hydrogen-bond donors (Lipinski definition) is 1. The van der Waals surface area contributed by atoms with Crippen LogP contribution in [0.1, 0.15) is 45.4 Å². The van der Waals surface area contributed by atoms with E-state index in [0.29, 0.717) is 6.61 Å². The van der Waals surface area contributed by atoms with Crippen molar-refractivity contribution in [3.05, 3.63) is 0 Å². The van der Waals surface area contributed by atoms with E-state index in [9.17, 15) is 4.79 Å². The second-order valence-corrected chi connectivity index (χ2v) is 3.18. The number of unbranched alkanes of at least 4 members (excludes halogenated alkanes) is 5. The Balaban J connectivity index is 3.09. The summed E-state index contributed by atoms with van der Waals surface area (Å²) in [4.78, 5) is 10.6. The molecule has 1 N–H and O–H groups in total. The van der Waals surface area contributed by atoms with Crippen molar-refractivity contribution in [3.63, 3.8) is 0 Å². The Bertz CT molecular complexity index is 169. The fourth-order valence-corrected chi connectivity index (χ4v) is 1.14. The highest BCUT2D eigenvalue weighted by atomic mass is 16.5. The molecule has 0 aliphatic rings. The minimum Gasteiger partial charge on any atom is -0.461 e. The highest BCUT2D eigenvalue weighted by Gasteiger charge is 1.97. The summed E-state index contributed by atoms with van der Waals surface area (Å²) in [5, 5.41) is 10.6. The smallest absolute Gasteiger partial charge is 0.352 e. The first-order chi connectivity index (χ1) is 6.81. The number of ether oxygens (including phenoxy) is 1. The molecule has 0 aromatic heterocycles. The molecular weight excluding hydrogens is 182 g/mol. The SMILES string of the molecule is CCCCCCCCOC(=O)C=NO. The van der Waals surface area contributed by atoms with Crippen LogP contribution in [0, 0.1) is 0 Å². The summed E-state index contributed by atoms with van der Waals surface area (Å²) < 4.78 is 4.74. The topological polar surface area (TPSA) is 58.9 Å². The van der Waals surface area contributed by atoms with Gasteiger partial charge in [-0.05, 0) is 6.42 Å². The van der Waals surface area contributed by atoms with E-state index in [4.69, 9.17) is 9.94 Å². The molecule has 0 atom stereocenters. The lowest BCUT2D eigenvalue weighted by Crippen LogP contribution is -2.06. The summed E-state index contributed by atoms with van der Waals surface area (Å²) in [6, 6.07) is 0. The number of nitrogens with zero attached hydrogens (tertiary/aromatic N) is 1. The molecule has 4 heteroatoms. The first-order valence-corrected chi connectivity index (χ1v) is 5.15. The van der Waals surface area contributed by atoms with Crippen molar-refractivity contribution < 1.29 is 14.7 Å². The van der Waals surface area contributed by atoms with E-state index in [1.165, 1.54) is 25.7 Å². The molecule has 0 heterocycles.